The Kier molecular flexibility index (Phi) is 10.9. The second kappa shape index (κ2) is 14.9. The molecule has 1 aliphatic rings. The quantitative estimate of drug-likeness (QED) is 0.0807. The van der Waals surface area contributed by atoms with Crippen molar-refractivity contribution >= 4 is 45.6 Å². The number of halogens is 8. The molecule has 19 heteroatoms. The van der Waals surface area contributed by atoms with E-state index in [1.807, 2.05) is 0 Å². The molecule has 2 aromatic carbocycles. The van der Waals surface area contributed by atoms with Crippen LogP contribution in [-0.2, 0) is 48.3 Å². The van der Waals surface area contributed by atoms with E-state index in [4.69, 9.17) is 11.6 Å². The first kappa shape index (κ1) is 40.8. The molecule has 0 saturated carbocycles. The number of aryl methyl sites for hydroxylation is 1. The Morgan fingerprint density at radius 1 is 1.12 bits per heavy atom. The first-order valence-electron chi connectivity index (χ1n) is 16.8. The molecule has 1 unspecified atom stereocenters. The number of carbonyl (C=O) groups excluding carboxylic acids is 1. The predicted molar refractivity (Wildman–Crippen MR) is 195 cm³/mol. The minimum absolute atomic E-state index is 0.0181. The zero-order chi connectivity index (χ0) is 41.1. The molecule has 0 saturated heterocycles. The molecule has 3 atom stereocenters. The van der Waals surface area contributed by atoms with E-state index >= 15 is 8.78 Å². The van der Waals surface area contributed by atoms with Crippen molar-refractivity contribution in [2.24, 2.45) is 7.05 Å². The van der Waals surface area contributed by atoms with Gasteiger partial charge in [-0.1, -0.05) is 30.5 Å². The zero-order valence-electron chi connectivity index (χ0n) is 30.2. The number of hydrogen-bond donors (Lipinski definition) is 3. The van der Waals surface area contributed by atoms with Gasteiger partial charge in [0.1, 0.15) is 41.4 Å². The lowest BCUT2D eigenvalue weighted by Crippen LogP contribution is -2.35. The van der Waals surface area contributed by atoms with Crippen molar-refractivity contribution < 1.29 is 45.2 Å². The number of hydrogen-bond acceptors (Lipinski definition) is 7. The number of aliphatic hydroxyl groups is 1. The van der Waals surface area contributed by atoms with Crippen LogP contribution in [0.25, 0.3) is 22.0 Å². The summed E-state index contributed by atoms with van der Waals surface area (Å²) in [4.78, 5) is 18.6. The number of amides is 1. The maximum atomic E-state index is 15.2. The maximum absolute atomic E-state index is 15.2. The monoisotopic (exact) mass is 823 g/mol. The molecular weight excluding hydrogens is 791 g/mol. The summed E-state index contributed by atoms with van der Waals surface area (Å²) in [6.07, 6.45) is -4.99. The lowest BCUT2D eigenvalue weighted by atomic mass is 9.93. The Bertz CT molecular complexity index is 2400. The Morgan fingerprint density at radius 2 is 1.79 bits per heavy atom. The van der Waals surface area contributed by atoms with Gasteiger partial charge in [-0.25, -0.2) is 13.8 Å². The van der Waals surface area contributed by atoms with Gasteiger partial charge < -0.3 is 15.0 Å². The number of alkyl halides is 5. The van der Waals surface area contributed by atoms with Gasteiger partial charge in [0.25, 0.3) is 5.92 Å². The number of aromatic nitrogens is 5. The summed E-state index contributed by atoms with van der Waals surface area (Å²) in [6.45, 7) is 2.99. The molecule has 0 bridgehead atoms. The number of nitrogens with zero attached hydrogens (tertiary/aromatic N) is 5. The molecule has 56 heavy (non-hydrogen) atoms. The van der Waals surface area contributed by atoms with Gasteiger partial charge in [0.2, 0.25) is 11.7 Å². The van der Waals surface area contributed by atoms with Crippen molar-refractivity contribution in [2.45, 2.75) is 69.8 Å². The van der Waals surface area contributed by atoms with Crippen LogP contribution in [0.4, 0.5) is 36.6 Å². The maximum Gasteiger partial charge on any atom is 0.435 e. The molecule has 1 amide bonds. The molecule has 0 radical (unpaired) electrons. The average molecular weight is 824 g/mol. The summed E-state index contributed by atoms with van der Waals surface area (Å²) in [7, 11) is 1.59. The fourth-order valence-corrected chi connectivity index (χ4v) is 7.51. The molecule has 3 N–H and O–H groups in total. The van der Waals surface area contributed by atoms with Crippen molar-refractivity contribution in [3.05, 3.63) is 93.0 Å². The second-order valence-corrected chi connectivity index (χ2v) is 15.5. The van der Waals surface area contributed by atoms with E-state index < -0.39 is 88.5 Å². The SMILES string of the molecule is C[C@H]1CC(F)(F)c2c1c(C(F)(F)F)nn2CC(=O)N[C@@H](Cc1cc(F)cc(F)c1)c1nc(C#CC(C)(C)O)ccc1-c1ccc(Cl)c2c(N[S+](C)[O-])nn(C)c12. The molecule has 5 aromatic rings. The van der Waals surface area contributed by atoms with Gasteiger partial charge in [0.15, 0.2) is 5.69 Å². The third kappa shape index (κ3) is 8.45. The van der Waals surface area contributed by atoms with Gasteiger partial charge in [0.05, 0.1) is 39.0 Å². The van der Waals surface area contributed by atoms with Crippen LogP contribution in [0.15, 0.2) is 42.5 Å². The summed E-state index contributed by atoms with van der Waals surface area (Å²) in [6, 6.07) is 7.50. The van der Waals surface area contributed by atoms with Crippen molar-refractivity contribution in [1.82, 2.24) is 29.9 Å². The molecular formula is C37H33ClF7N7O3S. The molecule has 10 nitrogen and oxygen atoms in total. The topological polar surface area (TPSA) is 133 Å². The number of fused-ring (bicyclic) bond motifs is 2. The number of nitrogens with one attached hydrogen (secondary N) is 2. The minimum atomic E-state index is -5.09. The first-order valence-corrected chi connectivity index (χ1v) is 18.8. The third-order valence-corrected chi connectivity index (χ3v) is 9.67. The van der Waals surface area contributed by atoms with Gasteiger partial charge >= 0.3 is 6.18 Å². The number of benzene rings is 2. The molecule has 0 aliphatic heterocycles. The summed E-state index contributed by atoms with van der Waals surface area (Å²) >= 11 is 5.04. The van der Waals surface area contributed by atoms with E-state index in [0.717, 1.165) is 12.1 Å². The van der Waals surface area contributed by atoms with Crippen LogP contribution in [-0.4, -0.2) is 52.0 Å². The van der Waals surface area contributed by atoms with Crippen LogP contribution in [0.3, 0.4) is 0 Å². The van der Waals surface area contributed by atoms with Crippen LogP contribution < -0.4 is 10.0 Å². The smallest absolute Gasteiger partial charge is 0.435 e. The van der Waals surface area contributed by atoms with Crippen molar-refractivity contribution in [3.63, 3.8) is 0 Å². The zero-order valence-corrected chi connectivity index (χ0v) is 31.8. The summed E-state index contributed by atoms with van der Waals surface area (Å²) in [5.41, 5.74) is -3.53. The van der Waals surface area contributed by atoms with E-state index in [9.17, 15) is 36.4 Å². The largest absolute Gasteiger partial charge is 0.593 e. The van der Waals surface area contributed by atoms with E-state index in [-0.39, 0.29) is 39.8 Å². The van der Waals surface area contributed by atoms with Gasteiger partial charge in [0, 0.05) is 36.2 Å². The van der Waals surface area contributed by atoms with Gasteiger partial charge in [-0.2, -0.15) is 36.9 Å². The lowest BCUT2D eigenvalue weighted by Gasteiger charge is -2.23. The number of carbonyl (C=O) groups is 1. The van der Waals surface area contributed by atoms with Gasteiger partial charge in [-0.3, -0.25) is 14.2 Å². The fourth-order valence-electron chi connectivity index (χ4n) is 6.85. The molecule has 6 rings (SSSR count). The molecule has 1 aliphatic carbocycles. The molecule has 0 fully saturated rings. The number of pyridine rings is 1. The van der Waals surface area contributed by atoms with E-state index in [2.05, 4.69) is 37.1 Å². The molecule has 0 spiro atoms. The van der Waals surface area contributed by atoms with E-state index in [1.54, 1.807) is 19.2 Å². The first-order chi connectivity index (χ1) is 26.0. The summed E-state index contributed by atoms with van der Waals surface area (Å²) in [5.74, 6) is -2.37. The van der Waals surface area contributed by atoms with Crippen LogP contribution in [0.1, 0.15) is 73.1 Å². The number of anilines is 1. The Hall–Kier alpha value is -4.83. The molecule has 3 heterocycles. The van der Waals surface area contributed by atoms with Crippen molar-refractivity contribution in [3.8, 4) is 23.0 Å². The van der Waals surface area contributed by atoms with Crippen LogP contribution >= 0.6 is 11.6 Å². The fraction of sp³-hybridized carbons (Fsp3) is 0.351. The summed E-state index contributed by atoms with van der Waals surface area (Å²) < 4.78 is 118. The van der Waals surface area contributed by atoms with Gasteiger partial charge in [-0.05, 0) is 68.0 Å². The third-order valence-electron chi connectivity index (χ3n) is 8.87. The van der Waals surface area contributed by atoms with E-state index in [1.165, 1.54) is 43.8 Å². The molecule has 296 valence electrons. The van der Waals surface area contributed by atoms with Crippen LogP contribution in [0, 0.1) is 23.5 Å². The van der Waals surface area contributed by atoms with E-state index in [0.29, 0.717) is 27.2 Å². The van der Waals surface area contributed by atoms with Crippen LogP contribution in [0.2, 0.25) is 5.02 Å². The van der Waals surface area contributed by atoms with Gasteiger partial charge in [-0.15, -0.1) is 0 Å². The Balaban J connectivity index is 1.53. The highest BCUT2D eigenvalue weighted by molar-refractivity contribution is 7.92. The van der Waals surface area contributed by atoms with Crippen molar-refractivity contribution in [1.29, 1.82) is 0 Å². The molecule has 3 aromatic heterocycles. The predicted octanol–water partition coefficient (Wildman–Crippen LogP) is 7.31. The highest BCUT2D eigenvalue weighted by atomic mass is 35.5. The Labute approximate surface area is 323 Å². The standard InChI is InChI=1S/C37H33ClF7N7O3S/c1-18-16-36(41,42)33-28(18)32(37(43,44)45)48-52(33)17-27(53)47-26(14-19-12-20(39)15-21(40)13-19)30-23(7-6-22(46-30)10-11-35(2,3)54)24-8-9-25(38)29-31(24)51(4)49-34(29)50-56(5)55/h6-9,12-13,15,18,26,54H,14,16-17H2,1-5H3,(H,47,53)(H,49,50)/t18-,26-,56?/m0/s1. The average Bonchev–Trinajstić information content (AvgIpc) is 3.68. The van der Waals surface area contributed by atoms with Crippen molar-refractivity contribution in [2.75, 3.05) is 11.0 Å². The Morgan fingerprint density at radius 3 is 2.41 bits per heavy atom. The number of rotatable bonds is 9. The summed E-state index contributed by atoms with van der Waals surface area (Å²) in [5, 5.41) is 21.4. The lowest BCUT2D eigenvalue weighted by molar-refractivity contribution is -0.142. The highest BCUT2D eigenvalue weighted by Gasteiger charge is 2.53. The second-order valence-electron chi connectivity index (χ2n) is 14.0. The normalized spacial score (nSPS) is 16.3. The highest BCUT2D eigenvalue weighted by Crippen LogP contribution is 2.52. The minimum Gasteiger partial charge on any atom is -0.593 e. The van der Waals surface area contributed by atoms with Crippen LogP contribution in [0.5, 0.6) is 0 Å².